The Hall–Kier alpha value is -2.67. The number of halogens is 1. The summed E-state index contributed by atoms with van der Waals surface area (Å²) in [6.45, 7) is 9.31. The van der Waals surface area contributed by atoms with Crippen molar-refractivity contribution in [3.63, 3.8) is 0 Å². The molecule has 2 unspecified atom stereocenters. The Bertz CT molecular complexity index is 1370. The number of sulfone groups is 1. The summed E-state index contributed by atoms with van der Waals surface area (Å²) in [5.74, 6) is 0.391. The number of benzene rings is 2. The SMILES string of the molecule is Cc1ccc(C)c(S(=O)(=O)c2cn(C)c3cc(N4CC(C)CC(C)C4)c(F)cc3c2=O)c1. The summed E-state index contributed by atoms with van der Waals surface area (Å²) in [6, 6.07) is 7.98. The number of rotatable bonds is 3. The number of piperidine rings is 1. The van der Waals surface area contributed by atoms with Gasteiger partial charge in [-0.3, -0.25) is 4.79 Å². The quantitative estimate of drug-likeness (QED) is 0.578. The number of aryl methyl sites for hydroxylation is 3. The first-order valence-electron chi connectivity index (χ1n) is 10.9. The second-order valence-corrected chi connectivity index (χ2v) is 11.3. The van der Waals surface area contributed by atoms with Crippen LogP contribution in [0.1, 0.15) is 31.4 Å². The molecular formula is C25H29FN2O3S. The van der Waals surface area contributed by atoms with Crippen LogP contribution in [0, 0.1) is 31.5 Å². The van der Waals surface area contributed by atoms with Gasteiger partial charge in [-0.2, -0.15) is 0 Å². The first-order valence-corrected chi connectivity index (χ1v) is 12.4. The largest absolute Gasteiger partial charge is 0.369 e. The number of anilines is 1. The smallest absolute Gasteiger partial charge is 0.212 e. The van der Waals surface area contributed by atoms with Crippen LogP contribution in [0.4, 0.5) is 10.1 Å². The summed E-state index contributed by atoms with van der Waals surface area (Å²) < 4.78 is 43.6. The van der Waals surface area contributed by atoms with Crippen LogP contribution in [-0.4, -0.2) is 26.1 Å². The molecule has 0 aliphatic carbocycles. The second-order valence-electron chi connectivity index (χ2n) is 9.38. The summed E-state index contributed by atoms with van der Waals surface area (Å²) in [5, 5.41) is 0.0678. The fraction of sp³-hybridized carbons (Fsp3) is 0.400. The maximum absolute atomic E-state index is 15.2. The zero-order chi connectivity index (χ0) is 23.4. The van der Waals surface area contributed by atoms with Crippen LogP contribution in [0.2, 0.25) is 0 Å². The summed E-state index contributed by atoms with van der Waals surface area (Å²) in [4.78, 5) is 15.1. The monoisotopic (exact) mass is 456 g/mol. The molecule has 32 heavy (non-hydrogen) atoms. The lowest BCUT2D eigenvalue weighted by molar-refractivity contribution is 0.354. The van der Waals surface area contributed by atoms with Crippen LogP contribution >= 0.6 is 0 Å². The number of pyridine rings is 1. The van der Waals surface area contributed by atoms with Gasteiger partial charge in [-0.05, 0) is 61.4 Å². The van der Waals surface area contributed by atoms with Crippen LogP contribution in [0.5, 0.6) is 0 Å². The maximum Gasteiger partial charge on any atom is 0.212 e. The lowest BCUT2D eigenvalue weighted by Gasteiger charge is -2.36. The van der Waals surface area contributed by atoms with Crippen molar-refractivity contribution in [1.29, 1.82) is 0 Å². The van der Waals surface area contributed by atoms with Crippen molar-refractivity contribution in [2.24, 2.45) is 18.9 Å². The molecule has 7 heteroatoms. The Balaban J connectivity index is 1.89. The minimum absolute atomic E-state index is 0.0678. The third-order valence-corrected chi connectivity index (χ3v) is 8.25. The van der Waals surface area contributed by atoms with Crippen molar-refractivity contribution in [3.8, 4) is 0 Å². The molecule has 1 aliphatic heterocycles. The molecule has 3 aromatic rings. The molecule has 0 spiro atoms. The van der Waals surface area contributed by atoms with Gasteiger partial charge < -0.3 is 9.47 Å². The molecule has 0 radical (unpaired) electrons. The van der Waals surface area contributed by atoms with Crippen molar-refractivity contribution in [2.75, 3.05) is 18.0 Å². The van der Waals surface area contributed by atoms with Crippen LogP contribution in [0.25, 0.3) is 10.9 Å². The molecule has 2 heterocycles. The zero-order valence-electron chi connectivity index (χ0n) is 19.1. The normalized spacial score (nSPS) is 19.5. The fourth-order valence-electron chi connectivity index (χ4n) is 4.87. The molecular weight excluding hydrogens is 427 g/mol. The van der Waals surface area contributed by atoms with Gasteiger partial charge in [0.1, 0.15) is 10.7 Å². The van der Waals surface area contributed by atoms with Gasteiger partial charge in [0.2, 0.25) is 15.3 Å². The van der Waals surface area contributed by atoms with Crippen molar-refractivity contribution >= 4 is 26.4 Å². The van der Waals surface area contributed by atoms with Gasteiger partial charge in [-0.25, -0.2) is 12.8 Å². The van der Waals surface area contributed by atoms with Crippen LogP contribution in [0.15, 0.2) is 51.1 Å². The number of fused-ring (bicyclic) bond motifs is 1. The van der Waals surface area contributed by atoms with Gasteiger partial charge in [0.15, 0.2) is 0 Å². The molecule has 170 valence electrons. The van der Waals surface area contributed by atoms with E-state index in [4.69, 9.17) is 0 Å². The topological polar surface area (TPSA) is 59.4 Å². The zero-order valence-corrected chi connectivity index (χ0v) is 20.0. The predicted octanol–water partition coefficient (Wildman–Crippen LogP) is 4.61. The van der Waals surface area contributed by atoms with Gasteiger partial charge in [-0.15, -0.1) is 0 Å². The average Bonchev–Trinajstić information content (AvgIpc) is 2.71. The second kappa shape index (κ2) is 8.03. The van der Waals surface area contributed by atoms with E-state index in [1.807, 2.05) is 11.0 Å². The van der Waals surface area contributed by atoms with Crippen molar-refractivity contribution in [1.82, 2.24) is 4.57 Å². The summed E-state index contributed by atoms with van der Waals surface area (Å²) >= 11 is 0. The van der Waals surface area contributed by atoms with E-state index in [2.05, 4.69) is 13.8 Å². The molecule has 0 saturated carbocycles. The molecule has 0 N–H and O–H groups in total. The van der Waals surface area contributed by atoms with E-state index < -0.39 is 21.1 Å². The third-order valence-electron chi connectivity index (χ3n) is 6.36. The van der Waals surface area contributed by atoms with E-state index in [1.165, 1.54) is 12.3 Å². The van der Waals surface area contributed by atoms with Crippen LogP contribution in [-0.2, 0) is 16.9 Å². The summed E-state index contributed by atoms with van der Waals surface area (Å²) in [6.07, 6.45) is 2.45. The predicted molar refractivity (Wildman–Crippen MR) is 126 cm³/mol. The highest BCUT2D eigenvalue weighted by molar-refractivity contribution is 7.91. The average molecular weight is 457 g/mol. The molecule has 1 aliphatic rings. The van der Waals surface area contributed by atoms with E-state index >= 15 is 4.39 Å². The lowest BCUT2D eigenvalue weighted by Crippen LogP contribution is -2.39. The Morgan fingerprint density at radius 2 is 1.66 bits per heavy atom. The van der Waals surface area contributed by atoms with Gasteiger partial charge in [-0.1, -0.05) is 26.0 Å². The van der Waals surface area contributed by atoms with Crippen LogP contribution < -0.4 is 10.3 Å². The molecule has 0 bridgehead atoms. The Labute approximate surface area is 188 Å². The fourth-order valence-corrected chi connectivity index (χ4v) is 6.59. The first kappa shape index (κ1) is 22.5. The van der Waals surface area contributed by atoms with E-state index in [1.54, 1.807) is 43.7 Å². The standard InChI is InChI=1S/C25H29FN2O3S/c1-15-6-7-18(4)23(9-15)32(30,31)24-14-27(5)21-11-22(20(26)10-19(21)25(24)29)28-12-16(2)8-17(3)13-28/h6-7,9-11,14,16-17H,8,12-13H2,1-5H3. The molecule has 1 saturated heterocycles. The van der Waals surface area contributed by atoms with E-state index in [0.29, 0.717) is 28.6 Å². The molecule has 1 aromatic heterocycles. The third kappa shape index (κ3) is 3.83. The van der Waals surface area contributed by atoms with Crippen molar-refractivity contribution < 1.29 is 12.8 Å². The highest BCUT2D eigenvalue weighted by atomic mass is 32.2. The van der Waals surface area contributed by atoms with Crippen molar-refractivity contribution in [2.45, 2.75) is 43.9 Å². The van der Waals surface area contributed by atoms with E-state index in [0.717, 1.165) is 25.1 Å². The van der Waals surface area contributed by atoms with E-state index in [-0.39, 0.29) is 15.2 Å². The van der Waals surface area contributed by atoms with Gasteiger partial charge >= 0.3 is 0 Å². The lowest BCUT2D eigenvalue weighted by atomic mass is 9.91. The molecule has 2 atom stereocenters. The molecule has 4 rings (SSSR count). The van der Waals surface area contributed by atoms with E-state index in [9.17, 15) is 13.2 Å². The van der Waals surface area contributed by atoms with Gasteiger partial charge in [0.25, 0.3) is 0 Å². The molecule has 5 nitrogen and oxygen atoms in total. The highest BCUT2D eigenvalue weighted by Gasteiger charge is 2.28. The summed E-state index contributed by atoms with van der Waals surface area (Å²) in [7, 11) is -2.37. The minimum atomic E-state index is -4.06. The Morgan fingerprint density at radius 3 is 2.31 bits per heavy atom. The Kier molecular flexibility index (Phi) is 5.65. The van der Waals surface area contributed by atoms with Crippen LogP contribution in [0.3, 0.4) is 0 Å². The minimum Gasteiger partial charge on any atom is -0.369 e. The highest BCUT2D eigenvalue weighted by Crippen LogP contribution is 2.31. The number of aromatic nitrogens is 1. The first-order chi connectivity index (χ1) is 15.0. The van der Waals surface area contributed by atoms with Crippen molar-refractivity contribution in [3.05, 3.63) is 63.7 Å². The summed E-state index contributed by atoms with van der Waals surface area (Å²) in [5.41, 5.74) is 1.64. The number of hydrogen-bond acceptors (Lipinski definition) is 4. The van der Waals surface area contributed by atoms with Gasteiger partial charge in [0, 0.05) is 26.3 Å². The maximum atomic E-state index is 15.2. The number of nitrogens with zero attached hydrogens (tertiary/aromatic N) is 2. The number of hydrogen-bond donors (Lipinski definition) is 0. The van der Waals surface area contributed by atoms with Gasteiger partial charge in [0.05, 0.1) is 21.5 Å². The molecule has 1 fully saturated rings. The Morgan fingerprint density at radius 1 is 1.00 bits per heavy atom. The molecule has 0 amide bonds. The molecule has 2 aromatic carbocycles.